The number of likely N-dealkylation sites (tertiary alicyclic amines) is 1. The van der Waals surface area contributed by atoms with Gasteiger partial charge in [-0.1, -0.05) is 6.07 Å². The molecule has 0 unspecified atom stereocenters. The van der Waals surface area contributed by atoms with Crippen LogP contribution < -0.4 is 5.56 Å². The number of hydrogen-bond acceptors (Lipinski definition) is 4. The summed E-state index contributed by atoms with van der Waals surface area (Å²) >= 11 is 0. The van der Waals surface area contributed by atoms with E-state index in [9.17, 15) is 9.90 Å². The van der Waals surface area contributed by atoms with Gasteiger partial charge >= 0.3 is 0 Å². The number of aliphatic hydroxyl groups is 1. The lowest BCUT2D eigenvalue weighted by molar-refractivity contribution is -0.117. The molecule has 1 saturated carbocycles. The largest absolute Gasteiger partial charge is 0.387 e. The van der Waals surface area contributed by atoms with Gasteiger partial charge in [0.05, 0.1) is 11.3 Å². The van der Waals surface area contributed by atoms with Gasteiger partial charge < -0.3 is 5.11 Å². The first-order valence-corrected chi connectivity index (χ1v) is 7.48. The molecule has 5 nitrogen and oxygen atoms in total. The van der Waals surface area contributed by atoms with Crippen molar-refractivity contribution >= 4 is 5.65 Å². The highest BCUT2D eigenvalue weighted by atomic mass is 16.3. The summed E-state index contributed by atoms with van der Waals surface area (Å²) in [5.41, 5.74) is 1.97. The predicted molar refractivity (Wildman–Crippen MR) is 79.1 cm³/mol. The highest BCUT2D eigenvalue weighted by Gasteiger charge is 2.51. The fourth-order valence-electron chi connectivity index (χ4n) is 3.34. The molecule has 2 aromatic heterocycles. The van der Waals surface area contributed by atoms with E-state index in [0.717, 1.165) is 29.7 Å². The summed E-state index contributed by atoms with van der Waals surface area (Å²) < 4.78 is 1.58. The lowest BCUT2D eigenvalue weighted by Gasteiger charge is -2.46. The van der Waals surface area contributed by atoms with Crippen molar-refractivity contribution in [2.45, 2.75) is 31.9 Å². The SMILES string of the molecule is Cc1cccn2c(=O)cc(CN3CC(O)(C4CC4)C3)nc12. The molecule has 4 rings (SSSR count). The molecule has 21 heavy (non-hydrogen) atoms. The third kappa shape index (κ3) is 2.17. The average Bonchev–Trinajstić information content (AvgIpc) is 3.23. The molecule has 0 atom stereocenters. The van der Waals surface area contributed by atoms with Crippen molar-refractivity contribution in [3.63, 3.8) is 0 Å². The summed E-state index contributed by atoms with van der Waals surface area (Å²) in [6, 6.07) is 5.41. The van der Waals surface area contributed by atoms with Gasteiger partial charge in [0.15, 0.2) is 0 Å². The van der Waals surface area contributed by atoms with E-state index < -0.39 is 5.60 Å². The van der Waals surface area contributed by atoms with Crippen LogP contribution in [0.5, 0.6) is 0 Å². The Labute approximate surface area is 122 Å². The van der Waals surface area contributed by atoms with Crippen LogP contribution in [0.3, 0.4) is 0 Å². The first-order valence-electron chi connectivity index (χ1n) is 7.48. The van der Waals surface area contributed by atoms with Crippen LogP contribution in [0.2, 0.25) is 0 Å². The molecular formula is C16H19N3O2. The number of nitrogens with zero attached hydrogens (tertiary/aromatic N) is 3. The van der Waals surface area contributed by atoms with Crippen LogP contribution in [-0.2, 0) is 6.54 Å². The summed E-state index contributed by atoms with van der Waals surface area (Å²) in [5.74, 6) is 0.492. The van der Waals surface area contributed by atoms with Crippen LogP contribution in [-0.4, -0.2) is 38.1 Å². The van der Waals surface area contributed by atoms with Crippen LogP contribution in [0, 0.1) is 12.8 Å². The molecular weight excluding hydrogens is 266 g/mol. The lowest BCUT2D eigenvalue weighted by atomic mass is 9.88. The monoisotopic (exact) mass is 285 g/mol. The maximum Gasteiger partial charge on any atom is 0.258 e. The molecule has 0 radical (unpaired) electrons. The highest BCUT2D eigenvalue weighted by Crippen LogP contribution is 2.44. The minimum Gasteiger partial charge on any atom is -0.387 e. The number of fused-ring (bicyclic) bond motifs is 1. The van der Waals surface area contributed by atoms with E-state index in [1.165, 1.54) is 0 Å². The Morgan fingerprint density at radius 2 is 2.19 bits per heavy atom. The Balaban J connectivity index is 1.57. The van der Waals surface area contributed by atoms with E-state index in [-0.39, 0.29) is 5.56 Å². The second kappa shape index (κ2) is 4.39. The fraction of sp³-hybridized carbons (Fsp3) is 0.500. The number of β-amino-alcohol motifs (C(OH)–C–C–N with tert-alkyl or cyclic N) is 1. The minimum absolute atomic E-state index is 0.0447. The predicted octanol–water partition coefficient (Wildman–Crippen LogP) is 0.960. The van der Waals surface area contributed by atoms with Crippen molar-refractivity contribution < 1.29 is 5.11 Å². The van der Waals surface area contributed by atoms with E-state index in [4.69, 9.17) is 0 Å². The summed E-state index contributed by atoms with van der Waals surface area (Å²) in [7, 11) is 0. The Bertz CT molecular complexity index is 758. The van der Waals surface area contributed by atoms with Crippen LogP contribution in [0.1, 0.15) is 24.1 Å². The number of pyridine rings is 1. The standard InChI is InChI=1S/C16H19N3O2/c1-11-3-2-6-19-14(20)7-13(17-15(11)19)8-18-9-16(21,10-18)12-4-5-12/h2-3,6-7,12,21H,4-5,8-10H2,1H3. The van der Waals surface area contributed by atoms with Gasteiger partial charge in [-0.3, -0.25) is 14.1 Å². The first kappa shape index (κ1) is 13.0. The van der Waals surface area contributed by atoms with Crippen molar-refractivity contribution in [3.8, 4) is 0 Å². The molecule has 1 N–H and O–H groups in total. The fourth-order valence-corrected chi connectivity index (χ4v) is 3.34. The van der Waals surface area contributed by atoms with E-state index in [1.54, 1.807) is 16.7 Å². The van der Waals surface area contributed by atoms with Crippen molar-refractivity contribution in [1.82, 2.24) is 14.3 Å². The Morgan fingerprint density at radius 1 is 1.43 bits per heavy atom. The summed E-state index contributed by atoms with van der Waals surface area (Å²) in [6.45, 7) is 4.00. The molecule has 1 aliphatic carbocycles. The second-order valence-corrected chi connectivity index (χ2v) is 6.49. The van der Waals surface area contributed by atoms with Crippen LogP contribution >= 0.6 is 0 Å². The van der Waals surface area contributed by atoms with Crippen molar-refractivity contribution in [2.24, 2.45) is 5.92 Å². The molecule has 1 saturated heterocycles. The van der Waals surface area contributed by atoms with Gasteiger partial charge in [-0.15, -0.1) is 0 Å². The maximum atomic E-state index is 12.1. The molecule has 110 valence electrons. The van der Waals surface area contributed by atoms with E-state index in [1.807, 2.05) is 19.1 Å². The number of hydrogen-bond donors (Lipinski definition) is 1. The van der Waals surface area contributed by atoms with Gasteiger partial charge in [-0.25, -0.2) is 4.98 Å². The summed E-state index contributed by atoms with van der Waals surface area (Å²) in [4.78, 5) is 18.9. The molecule has 2 aromatic rings. The van der Waals surface area contributed by atoms with Crippen LogP contribution in [0.4, 0.5) is 0 Å². The zero-order valence-corrected chi connectivity index (χ0v) is 12.1. The first-order chi connectivity index (χ1) is 10.0. The van der Waals surface area contributed by atoms with Crippen molar-refractivity contribution in [3.05, 3.63) is 46.0 Å². The normalized spacial score (nSPS) is 21.4. The Morgan fingerprint density at radius 3 is 2.90 bits per heavy atom. The van der Waals surface area contributed by atoms with Crippen molar-refractivity contribution in [1.29, 1.82) is 0 Å². The van der Waals surface area contributed by atoms with Gasteiger partial charge in [0.25, 0.3) is 5.56 Å². The maximum absolute atomic E-state index is 12.1. The quantitative estimate of drug-likeness (QED) is 0.912. The smallest absolute Gasteiger partial charge is 0.258 e. The summed E-state index contributed by atoms with van der Waals surface area (Å²) in [6.07, 6.45) is 4.05. The van der Waals surface area contributed by atoms with E-state index >= 15 is 0 Å². The zero-order valence-electron chi connectivity index (χ0n) is 12.1. The van der Waals surface area contributed by atoms with Crippen LogP contribution in [0.25, 0.3) is 5.65 Å². The van der Waals surface area contributed by atoms with Gasteiger partial charge in [-0.2, -0.15) is 0 Å². The van der Waals surface area contributed by atoms with Crippen molar-refractivity contribution in [2.75, 3.05) is 13.1 Å². The number of aromatic nitrogens is 2. The molecule has 1 aliphatic heterocycles. The third-order valence-corrected chi connectivity index (χ3v) is 4.66. The molecule has 0 bridgehead atoms. The highest BCUT2D eigenvalue weighted by molar-refractivity contribution is 5.46. The summed E-state index contributed by atoms with van der Waals surface area (Å²) in [5, 5.41) is 10.3. The molecule has 0 amide bonds. The van der Waals surface area contributed by atoms with Crippen LogP contribution in [0.15, 0.2) is 29.2 Å². The molecule has 0 aromatic carbocycles. The molecule has 2 aliphatic rings. The lowest BCUT2D eigenvalue weighted by Crippen LogP contribution is -2.62. The topological polar surface area (TPSA) is 57.8 Å². The second-order valence-electron chi connectivity index (χ2n) is 6.49. The molecule has 2 fully saturated rings. The third-order valence-electron chi connectivity index (χ3n) is 4.66. The molecule has 5 heteroatoms. The van der Waals surface area contributed by atoms with Gasteiger partial charge in [0, 0.05) is 31.9 Å². The van der Waals surface area contributed by atoms with Gasteiger partial charge in [0.1, 0.15) is 5.65 Å². The van der Waals surface area contributed by atoms with Gasteiger partial charge in [0.2, 0.25) is 0 Å². The Hall–Kier alpha value is -1.72. The molecule has 3 heterocycles. The number of rotatable bonds is 3. The average molecular weight is 285 g/mol. The van der Waals surface area contributed by atoms with Gasteiger partial charge in [-0.05, 0) is 37.3 Å². The van der Waals surface area contributed by atoms with E-state index in [2.05, 4.69) is 9.88 Å². The molecule has 0 spiro atoms. The number of aryl methyl sites for hydroxylation is 1. The minimum atomic E-state index is -0.484. The Kier molecular flexibility index (Phi) is 2.71. The zero-order chi connectivity index (χ0) is 14.6. The van der Waals surface area contributed by atoms with E-state index in [0.29, 0.717) is 25.6 Å².